The zero-order valence-corrected chi connectivity index (χ0v) is 14.7. The van der Waals surface area contributed by atoms with Gasteiger partial charge >= 0.3 is 0 Å². The molecule has 4 rings (SSSR count). The van der Waals surface area contributed by atoms with Crippen LogP contribution in [-0.2, 0) is 11.2 Å². The van der Waals surface area contributed by atoms with E-state index >= 15 is 0 Å². The van der Waals surface area contributed by atoms with Gasteiger partial charge in [0.05, 0.1) is 5.69 Å². The fourth-order valence-electron chi connectivity index (χ4n) is 2.94. The zero-order chi connectivity index (χ0) is 19.5. The maximum atomic E-state index is 13.3. The molecule has 2 aromatic carbocycles. The van der Waals surface area contributed by atoms with Gasteiger partial charge in [0, 0.05) is 12.1 Å². The lowest BCUT2D eigenvalue weighted by Crippen LogP contribution is -2.46. The van der Waals surface area contributed by atoms with Gasteiger partial charge in [-0.05, 0) is 35.9 Å². The molecule has 0 fully saturated rings. The second kappa shape index (κ2) is 7.51. The van der Waals surface area contributed by atoms with Crippen molar-refractivity contribution >= 4 is 17.5 Å². The highest BCUT2D eigenvalue weighted by atomic mass is 19.1. The number of carbonyl (C=O) groups is 2. The molecule has 2 amide bonds. The van der Waals surface area contributed by atoms with Gasteiger partial charge in [0.15, 0.2) is 0 Å². The first kappa shape index (κ1) is 17.7. The quantitative estimate of drug-likeness (QED) is 0.647. The van der Waals surface area contributed by atoms with Crippen LogP contribution in [0.5, 0.6) is 5.75 Å². The van der Waals surface area contributed by atoms with Crippen LogP contribution in [0.2, 0.25) is 0 Å². The summed E-state index contributed by atoms with van der Waals surface area (Å²) in [6.45, 7) is 0.00909. The number of nitrogens with one attached hydrogen (secondary N) is 3. The largest absolute Gasteiger partial charge is 0.489 e. The molecule has 0 spiro atoms. The normalized spacial score (nSPS) is 15.8. The summed E-state index contributed by atoms with van der Waals surface area (Å²) in [6, 6.07) is 14.0. The van der Waals surface area contributed by atoms with Crippen molar-refractivity contribution < 1.29 is 18.7 Å². The van der Waals surface area contributed by atoms with E-state index in [4.69, 9.17) is 4.74 Å². The van der Waals surface area contributed by atoms with Gasteiger partial charge in [-0.15, -0.1) is 0 Å². The van der Waals surface area contributed by atoms with E-state index in [-0.39, 0.29) is 24.0 Å². The van der Waals surface area contributed by atoms with Crippen LogP contribution in [0, 0.1) is 5.82 Å². The Kier molecular flexibility index (Phi) is 4.76. The van der Waals surface area contributed by atoms with E-state index in [2.05, 4.69) is 20.8 Å². The Morgan fingerprint density at radius 3 is 2.93 bits per heavy atom. The Hall–Kier alpha value is -3.68. The molecule has 0 bridgehead atoms. The number of hydrogen-bond acceptors (Lipinski definition) is 4. The number of H-pyrrole nitrogens is 1. The molecule has 7 nitrogen and oxygen atoms in total. The number of amides is 2. The fraction of sp³-hybridized carbons (Fsp3) is 0.150. The minimum Gasteiger partial charge on any atom is -0.489 e. The number of nitrogens with zero attached hydrogens (tertiary/aromatic N) is 1. The second-order valence-corrected chi connectivity index (χ2v) is 6.41. The van der Waals surface area contributed by atoms with Crippen molar-refractivity contribution in [2.24, 2.45) is 0 Å². The topological polar surface area (TPSA) is 96.1 Å². The van der Waals surface area contributed by atoms with Crippen molar-refractivity contribution in [3.8, 4) is 5.75 Å². The average molecular weight is 380 g/mol. The molecule has 28 heavy (non-hydrogen) atoms. The highest BCUT2D eigenvalue weighted by Gasteiger charge is 2.27. The molecule has 142 valence electrons. The SMILES string of the molecule is O=C(N[C@H]1COc2ccccc2NC1=O)c1cc(Cc2cccc(F)c2)[nH]n1. The molecular weight excluding hydrogens is 363 g/mol. The van der Waals surface area contributed by atoms with Gasteiger partial charge in [0.1, 0.15) is 29.9 Å². The number of anilines is 1. The van der Waals surface area contributed by atoms with E-state index in [1.165, 1.54) is 12.1 Å². The summed E-state index contributed by atoms with van der Waals surface area (Å²) in [4.78, 5) is 24.8. The number of rotatable bonds is 4. The fourth-order valence-corrected chi connectivity index (χ4v) is 2.94. The van der Waals surface area contributed by atoms with Gasteiger partial charge in [0.25, 0.3) is 11.8 Å². The molecule has 0 saturated carbocycles. The summed E-state index contributed by atoms with van der Waals surface area (Å²) in [6.07, 6.45) is 0.403. The third-order valence-corrected chi connectivity index (χ3v) is 4.32. The number of halogens is 1. The van der Waals surface area contributed by atoms with E-state index in [0.29, 0.717) is 23.6 Å². The summed E-state index contributed by atoms with van der Waals surface area (Å²) in [5.41, 5.74) is 2.11. The number of aromatic nitrogens is 2. The molecule has 3 N–H and O–H groups in total. The highest BCUT2D eigenvalue weighted by Crippen LogP contribution is 2.26. The smallest absolute Gasteiger partial charge is 0.272 e. The van der Waals surface area contributed by atoms with Gasteiger partial charge < -0.3 is 15.4 Å². The standard InChI is InChI=1S/C20H17FN4O3/c21-13-5-3-4-12(8-13)9-14-10-16(25-24-14)19(26)23-17-11-28-18-7-2-1-6-15(18)22-20(17)27/h1-8,10,17H,9,11H2,(H,22,27)(H,23,26)(H,24,25)/t17-/m0/s1. The Balaban J connectivity index is 1.41. The van der Waals surface area contributed by atoms with Crippen LogP contribution >= 0.6 is 0 Å². The summed E-state index contributed by atoms with van der Waals surface area (Å²) in [5, 5.41) is 12.1. The van der Waals surface area contributed by atoms with Crippen molar-refractivity contribution in [1.29, 1.82) is 0 Å². The lowest BCUT2D eigenvalue weighted by molar-refractivity contribution is -0.118. The van der Waals surface area contributed by atoms with Crippen LogP contribution in [0.4, 0.5) is 10.1 Å². The number of aromatic amines is 1. The van der Waals surface area contributed by atoms with E-state index in [1.807, 2.05) is 0 Å². The lowest BCUT2D eigenvalue weighted by atomic mass is 10.1. The van der Waals surface area contributed by atoms with Crippen molar-refractivity contribution in [2.45, 2.75) is 12.5 Å². The first-order chi connectivity index (χ1) is 13.6. The zero-order valence-electron chi connectivity index (χ0n) is 14.7. The van der Waals surface area contributed by atoms with Crippen LogP contribution < -0.4 is 15.4 Å². The maximum absolute atomic E-state index is 13.3. The monoisotopic (exact) mass is 380 g/mol. The maximum Gasteiger partial charge on any atom is 0.272 e. The number of hydrogen-bond donors (Lipinski definition) is 3. The van der Waals surface area contributed by atoms with Crippen LogP contribution in [-0.4, -0.2) is 34.7 Å². The van der Waals surface area contributed by atoms with Crippen LogP contribution in [0.25, 0.3) is 0 Å². The van der Waals surface area contributed by atoms with Crippen molar-refractivity contribution in [3.63, 3.8) is 0 Å². The molecule has 1 aliphatic heterocycles. The number of para-hydroxylation sites is 2. The Morgan fingerprint density at radius 1 is 1.21 bits per heavy atom. The summed E-state index contributed by atoms with van der Waals surface area (Å²) < 4.78 is 18.9. The number of fused-ring (bicyclic) bond motifs is 1. The molecule has 8 heteroatoms. The third-order valence-electron chi connectivity index (χ3n) is 4.32. The highest BCUT2D eigenvalue weighted by molar-refractivity contribution is 6.01. The van der Waals surface area contributed by atoms with Gasteiger partial charge in [-0.2, -0.15) is 5.10 Å². The molecule has 1 atom stereocenters. The lowest BCUT2D eigenvalue weighted by Gasteiger charge is -2.13. The van der Waals surface area contributed by atoms with E-state index in [0.717, 1.165) is 5.56 Å². The molecule has 0 radical (unpaired) electrons. The molecule has 2 heterocycles. The second-order valence-electron chi connectivity index (χ2n) is 6.41. The van der Waals surface area contributed by atoms with E-state index in [9.17, 15) is 14.0 Å². The molecular formula is C20H17FN4O3. The van der Waals surface area contributed by atoms with E-state index < -0.39 is 11.9 Å². The van der Waals surface area contributed by atoms with Crippen LogP contribution in [0.3, 0.4) is 0 Å². The number of benzene rings is 2. The van der Waals surface area contributed by atoms with Crippen LogP contribution in [0.1, 0.15) is 21.7 Å². The number of carbonyl (C=O) groups excluding carboxylic acids is 2. The van der Waals surface area contributed by atoms with Crippen molar-refractivity contribution in [3.05, 3.63) is 77.4 Å². The first-order valence-corrected chi connectivity index (χ1v) is 8.71. The van der Waals surface area contributed by atoms with Gasteiger partial charge in [0.2, 0.25) is 0 Å². The summed E-state index contributed by atoms with van der Waals surface area (Å²) >= 11 is 0. The average Bonchev–Trinajstić information content (AvgIpc) is 3.08. The molecule has 0 saturated heterocycles. The Morgan fingerprint density at radius 2 is 2.07 bits per heavy atom. The Bertz CT molecular complexity index is 1030. The molecule has 1 aromatic heterocycles. The van der Waals surface area contributed by atoms with Crippen LogP contribution in [0.15, 0.2) is 54.6 Å². The van der Waals surface area contributed by atoms with E-state index in [1.54, 1.807) is 42.5 Å². The third kappa shape index (κ3) is 3.85. The Labute approximate surface area is 159 Å². The predicted molar refractivity (Wildman–Crippen MR) is 99.6 cm³/mol. The molecule has 0 aliphatic carbocycles. The molecule has 3 aromatic rings. The van der Waals surface area contributed by atoms with Gasteiger partial charge in [-0.1, -0.05) is 24.3 Å². The minimum absolute atomic E-state index is 0.00909. The summed E-state index contributed by atoms with van der Waals surface area (Å²) in [5.74, 6) is -0.648. The predicted octanol–water partition coefficient (Wildman–Crippen LogP) is 2.27. The van der Waals surface area contributed by atoms with Gasteiger partial charge in [-0.25, -0.2) is 4.39 Å². The molecule has 1 aliphatic rings. The first-order valence-electron chi connectivity index (χ1n) is 8.71. The minimum atomic E-state index is -0.858. The van der Waals surface area contributed by atoms with Crippen molar-refractivity contribution in [2.75, 3.05) is 11.9 Å². The number of ether oxygens (including phenoxy) is 1. The summed E-state index contributed by atoms with van der Waals surface area (Å²) in [7, 11) is 0. The van der Waals surface area contributed by atoms with Gasteiger partial charge in [-0.3, -0.25) is 14.7 Å². The molecule has 0 unspecified atom stereocenters. The van der Waals surface area contributed by atoms with Crippen molar-refractivity contribution in [1.82, 2.24) is 15.5 Å².